The number of halogens is 2. The SMILES string of the molecule is CCCOc1ccc(-c2ccc(OC(F)F)c(/C=C/C(=O)Nc3ccc([S+]([O-])Cc4c(C)ncn4CC)cc3)c2)cc1. The minimum atomic E-state index is -3.01. The molecule has 10 heteroatoms. The van der Waals surface area contributed by atoms with Crippen molar-refractivity contribution in [2.75, 3.05) is 11.9 Å². The molecule has 42 heavy (non-hydrogen) atoms. The van der Waals surface area contributed by atoms with E-state index in [0.29, 0.717) is 28.5 Å². The average Bonchev–Trinajstić information content (AvgIpc) is 3.34. The van der Waals surface area contributed by atoms with E-state index in [0.717, 1.165) is 41.2 Å². The highest BCUT2D eigenvalue weighted by atomic mass is 32.2. The van der Waals surface area contributed by atoms with E-state index < -0.39 is 23.7 Å². The van der Waals surface area contributed by atoms with Crippen molar-refractivity contribution in [3.63, 3.8) is 0 Å². The molecule has 0 aliphatic rings. The number of hydrogen-bond acceptors (Lipinski definition) is 5. The second kappa shape index (κ2) is 14.7. The number of rotatable bonds is 13. The van der Waals surface area contributed by atoms with E-state index in [2.05, 4.69) is 15.0 Å². The van der Waals surface area contributed by atoms with E-state index in [4.69, 9.17) is 4.74 Å². The summed E-state index contributed by atoms with van der Waals surface area (Å²) in [7, 11) is 0. The van der Waals surface area contributed by atoms with Crippen molar-refractivity contribution in [3.05, 3.63) is 96.1 Å². The molecule has 4 aromatic rings. The van der Waals surface area contributed by atoms with Gasteiger partial charge in [0.2, 0.25) is 5.91 Å². The highest BCUT2D eigenvalue weighted by molar-refractivity contribution is 7.90. The predicted molar refractivity (Wildman–Crippen MR) is 161 cm³/mol. The van der Waals surface area contributed by atoms with Crippen LogP contribution in [0.15, 0.2) is 84.0 Å². The number of amides is 1. The van der Waals surface area contributed by atoms with E-state index in [1.54, 1.807) is 42.7 Å². The standard InChI is InChI=1S/C32H33F2N3O4S/c1-4-18-40-27-12-6-23(7-13-27)24-8-16-30(41-32(33)34)25(19-24)9-17-31(38)36-26-10-14-28(15-11-26)42(39)20-29-22(3)35-21-37(29)5-2/h6-17,19,21,32H,4-5,18,20H2,1-3H3,(H,36,38)/b17-9+. The molecular weight excluding hydrogens is 560 g/mol. The van der Waals surface area contributed by atoms with Gasteiger partial charge in [0.1, 0.15) is 11.5 Å². The third-order valence-corrected chi connectivity index (χ3v) is 7.78. The third kappa shape index (κ3) is 8.20. The first-order valence-electron chi connectivity index (χ1n) is 13.6. The van der Waals surface area contributed by atoms with Gasteiger partial charge in [0.15, 0.2) is 10.6 Å². The smallest absolute Gasteiger partial charge is 0.387 e. The predicted octanol–water partition coefficient (Wildman–Crippen LogP) is 7.23. The molecular formula is C32H33F2N3O4S. The van der Waals surface area contributed by atoms with Crippen molar-refractivity contribution in [2.45, 2.75) is 51.0 Å². The highest BCUT2D eigenvalue weighted by Gasteiger charge is 2.17. The van der Waals surface area contributed by atoms with Gasteiger partial charge < -0.3 is 23.9 Å². The molecule has 1 amide bonds. The highest BCUT2D eigenvalue weighted by Crippen LogP contribution is 2.30. The van der Waals surface area contributed by atoms with Crippen molar-refractivity contribution in [1.82, 2.24) is 9.55 Å². The molecule has 4 rings (SSSR count). The summed E-state index contributed by atoms with van der Waals surface area (Å²) in [6.07, 6.45) is 5.32. The van der Waals surface area contributed by atoms with Gasteiger partial charge in [0.05, 0.1) is 24.3 Å². The fraction of sp³-hybridized carbons (Fsp3) is 0.250. The number of carbonyl (C=O) groups excluding carboxylic acids is 1. The van der Waals surface area contributed by atoms with E-state index >= 15 is 0 Å². The van der Waals surface area contributed by atoms with Crippen LogP contribution in [0.4, 0.5) is 14.5 Å². The van der Waals surface area contributed by atoms with Crippen LogP contribution in [-0.4, -0.2) is 33.2 Å². The zero-order chi connectivity index (χ0) is 30.1. The third-order valence-electron chi connectivity index (χ3n) is 6.45. The van der Waals surface area contributed by atoms with Crippen LogP contribution in [0.3, 0.4) is 0 Å². The molecule has 1 N–H and O–H groups in total. The summed E-state index contributed by atoms with van der Waals surface area (Å²) in [6.45, 7) is 4.28. The number of nitrogens with one attached hydrogen (secondary N) is 1. The van der Waals surface area contributed by atoms with Gasteiger partial charge in [-0.3, -0.25) is 4.79 Å². The van der Waals surface area contributed by atoms with Gasteiger partial charge in [-0.2, -0.15) is 8.78 Å². The summed E-state index contributed by atoms with van der Waals surface area (Å²) < 4.78 is 51.3. The monoisotopic (exact) mass is 593 g/mol. The van der Waals surface area contributed by atoms with Crippen LogP contribution in [0.5, 0.6) is 11.5 Å². The Bertz CT molecular complexity index is 1510. The van der Waals surface area contributed by atoms with Crippen LogP contribution in [0.25, 0.3) is 17.2 Å². The van der Waals surface area contributed by atoms with Gasteiger partial charge in [-0.05, 0) is 97.2 Å². The zero-order valence-electron chi connectivity index (χ0n) is 23.7. The minimum Gasteiger partial charge on any atom is -0.611 e. The summed E-state index contributed by atoms with van der Waals surface area (Å²) >= 11 is -1.28. The van der Waals surface area contributed by atoms with E-state index in [9.17, 15) is 18.1 Å². The van der Waals surface area contributed by atoms with E-state index in [-0.39, 0.29) is 5.75 Å². The van der Waals surface area contributed by atoms with Gasteiger partial charge >= 0.3 is 6.61 Å². The average molecular weight is 594 g/mol. The number of benzene rings is 3. The molecule has 1 heterocycles. The molecule has 0 radical (unpaired) electrons. The summed E-state index contributed by atoms with van der Waals surface area (Å²) in [5, 5.41) is 2.74. The van der Waals surface area contributed by atoms with Gasteiger partial charge in [-0.25, -0.2) is 4.98 Å². The normalized spacial score (nSPS) is 12.1. The first kappa shape index (κ1) is 30.8. The fourth-order valence-corrected chi connectivity index (χ4v) is 5.47. The van der Waals surface area contributed by atoms with Gasteiger partial charge in [-0.15, -0.1) is 0 Å². The van der Waals surface area contributed by atoms with Gasteiger partial charge in [-0.1, -0.05) is 25.1 Å². The van der Waals surface area contributed by atoms with Crippen molar-refractivity contribution in [3.8, 4) is 22.6 Å². The lowest BCUT2D eigenvalue weighted by atomic mass is 10.0. The molecule has 0 saturated heterocycles. The van der Waals surface area contributed by atoms with Crippen LogP contribution in [0.1, 0.15) is 37.2 Å². The summed E-state index contributed by atoms with van der Waals surface area (Å²) in [5.74, 6) is 0.574. The summed E-state index contributed by atoms with van der Waals surface area (Å²) in [6, 6.07) is 19.0. The lowest BCUT2D eigenvalue weighted by molar-refractivity contribution is -0.111. The molecule has 1 aromatic heterocycles. The number of imidazole rings is 1. The first-order chi connectivity index (χ1) is 20.3. The number of anilines is 1. The molecule has 0 fully saturated rings. The Morgan fingerprint density at radius 1 is 1.07 bits per heavy atom. The molecule has 220 valence electrons. The van der Waals surface area contributed by atoms with Crippen molar-refractivity contribution in [1.29, 1.82) is 0 Å². The number of nitrogens with zero attached hydrogens (tertiary/aromatic N) is 2. The van der Waals surface area contributed by atoms with Crippen LogP contribution >= 0.6 is 0 Å². The number of ether oxygens (including phenoxy) is 2. The second-order valence-corrected chi connectivity index (χ2v) is 10.9. The van der Waals surface area contributed by atoms with Crippen LogP contribution in [-0.2, 0) is 28.3 Å². The Balaban J connectivity index is 1.44. The molecule has 1 atom stereocenters. The molecule has 1 unspecified atom stereocenters. The van der Waals surface area contributed by atoms with Crippen molar-refractivity contribution in [2.24, 2.45) is 0 Å². The van der Waals surface area contributed by atoms with Gasteiger partial charge in [0, 0.05) is 23.9 Å². The Kier molecular flexibility index (Phi) is 10.7. The largest absolute Gasteiger partial charge is 0.611 e. The molecule has 0 bridgehead atoms. The topological polar surface area (TPSA) is 88.4 Å². The van der Waals surface area contributed by atoms with Gasteiger partial charge in [0.25, 0.3) is 0 Å². The maximum absolute atomic E-state index is 13.0. The molecule has 3 aromatic carbocycles. The second-order valence-electron chi connectivity index (χ2n) is 9.40. The molecule has 0 spiro atoms. The van der Waals surface area contributed by atoms with E-state index in [1.165, 1.54) is 18.2 Å². The number of carbonyl (C=O) groups is 1. The first-order valence-corrected chi connectivity index (χ1v) is 14.9. The lowest BCUT2D eigenvalue weighted by Crippen LogP contribution is -2.11. The fourth-order valence-electron chi connectivity index (χ4n) is 4.24. The maximum atomic E-state index is 13.0. The van der Waals surface area contributed by atoms with E-state index in [1.807, 2.05) is 49.6 Å². The quantitative estimate of drug-likeness (QED) is 0.131. The summed E-state index contributed by atoms with van der Waals surface area (Å²) in [5.41, 5.74) is 4.22. The number of hydrogen-bond donors (Lipinski definition) is 1. The van der Waals surface area contributed by atoms with Crippen LogP contribution < -0.4 is 14.8 Å². The molecule has 0 aliphatic carbocycles. The Labute approximate surface area is 247 Å². The number of aryl methyl sites for hydroxylation is 2. The minimum absolute atomic E-state index is 0.0489. The summed E-state index contributed by atoms with van der Waals surface area (Å²) in [4.78, 5) is 17.6. The Morgan fingerprint density at radius 2 is 1.79 bits per heavy atom. The molecule has 0 saturated carbocycles. The number of alkyl halides is 2. The Hall–Kier alpha value is -4.15. The number of aromatic nitrogens is 2. The molecule has 7 nitrogen and oxygen atoms in total. The lowest BCUT2D eigenvalue weighted by Gasteiger charge is -2.13. The molecule has 0 aliphatic heterocycles. The Morgan fingerprint density at radius 3 is 2.45 bits per heavy atom. The van der Waals surface area contributed by atoms with Crippen LogP contribution in [0, 0.1) is 6.92 Å². The van der Waals surface area contributed by atoms with Crippen molar-refractivity contribution < 1.29 is 27.6 Å². The van der Waals surface area contributed by atoms with Crippen LogP contribution in [0.2, 0.25) is 0 Å². The zero-order valence-corrected chi connectivity index (χ0v) is 24.5. The maximum Gasteiger partial charge on any atom is 0.387 e. The van der Waals surface area contributed by atoms with Crippen molar-refractivity contribution >= 4 is 28.8 Å².